The van der Waals surface area contributed by atoms with E-state index in [0.717, 1.165) is 30.0 Å². The molecule has 1 fully saturated rings. The summed E-state index contributed by atoms with van der Waals surface area (Å²) in [6.45, 7) is 0. The van der Waals surface area contributed by atoms with Gasteiger partial charge in [-0.1, -0.05) is 24.3 Å². The largest absolute Gasteiger partial charge is 0.477 e. The third-order valence-corrected chi connectivity index (χ3v) is 5.15. The summed E-state index contributed by atoms with van der Waals surface area (Å²) in [7, 11) is 0. The molecule has 1 saturated carbocycles. The van der Waals surface area contributed by atoms with E-state index in [1.807, 2.05) is 6.07 Å². The molecule has 0 saturated heterocycles. The Morgan fingerprint density at radius 1 is 1.32 bits per heavy atom. The van der Waals surface area contributed by atoms with Gasteiger partial charge < -0.3 is 5.11 Å². The SMILES string of the molecule is O=C(O)c1sc(C2Cc3ccccc32)nc1C1CC1. The minimum Gasteiger partial charge on any atom is -0.477 e. The summed E-state index contributed by atoms with van der Waals surface area (Å²) in [5.41, 5.74) is 3.51. The molecule has 0 aliphatic heterocycles. The lowest BCUT2D eigenvalue weighted by Gasteiger charge is -2.28. The first-order chi connectivity index (χ1) is 9.24. The van der Waals surface area contributed by atoms with Crippen molar-refractivity contribution in [1.82, 2.24) is 4.98 Å². The number of carbonyl (C=O) groups is 1. The van der Waals surface area contributed by atoms with Gasteiger partial charge in [0.1, 0.15) is 9.88 Å². The molecule has 0 spiro atoms. The highest BCUT2D eigenvalue weighted by Crippen LogP contribution is 2.47. The molecule has 3 nitrogen and oxygen atoms in total. The molecule has 1 heterocycles. The molecular weight excluding hydrogens is 258 g/mol. The highest BCUT2D eigenvalue weighted by Gasteiger charge is 2.36. The summed E-state index contributed by atoms with van der Waals surface area (Å²) in [4.78, 5) is 16.4. The van der Waals surface area contributed by atoms with Crippen molar-refractivity contribution in [2.24, 2.45) is 0 Å². The molecule has 2 aliphatic rings. The second kappa shape index (κ2) is 3.90. The van der Waals surface area contributed by atoms with Crippen LogP contribution in [-0.2, 0) is 6.42 Å². The summed E-state index contributed by atoms with van der Waals surface area (Å²) < 4.78 is 0. The predicted molar refractivity (Wildman–Crippen MR) is 73.0 cm³/mol. The van der Waals surface area contributed by atoms with Crippen LogP contribution in [0.15, 0.2) is 24.3 Å². The van der Waals surface area contributed by atoms with Crippen molar-refractivity contribution in [3.63, 3.8) is 0 Å². The van der Waals surface area contributed by atoms with Crippen LogP contribution in [0, 0.1) is 0 Å². The predicted octanol–water partition coefficient (Wildman–Crippen LogP) is 3.41. The van der Waals surface area contributed by atoms with Gasteiger partial charge in [0.25, 0.3) is 0 Å². The molecule has 96 valence electrons. The van der Waals surface area contributed by atoms with Crippen LogP contribution in [0.4, 0.5) is 0 Å². The molecule has 1 unspecified atom stereocenters. The van der Waals surface area contributed by atoms with Crippen LogP contribution in [0.2, 0.25) is 0 Å². The number of carboxylic acids is 1. The molecule has 1 aromatic heterocycles. The number of thiazole rings is 1. The number of aromatic carboxylic acids is 1. The third kappa shape index (κ3) is 1.70. The Bertz CT molecular complexity index is 673. The van der Waals surface area contributed by atoms with Gasteiger partial charge >= 0.3 is 5.97 Å². The van der Waals surface area contributed by atoms with Gasteiger partial charge in [0.05, 0.1) is 5.69 Å². The van der Waals surface area contributed by atoms with Crippen molar-refractivity contribution in [2.75, 3.05) is 0 Å². The van der Waals surface area contributed by atoms with E-state index in [2.05, 4.69) is 23.2 Å². The number of aromatic nitrogens is 1. The average molecular weight is 271 g/mol. The van der Waals surface area contributed by atoms with Crippen molar-refractivity contribution >= 4 is 17.3 Å². The fourth-order valence-corrected chi connectivity index (χ4v) is 3.87. The monoisotopic (exact) mass is 271 g/mol. The summed E-state index contributed by atoms with van der Waals surface area (Å²) in [6.07, 6.45) is 3.17. The molecule has 2 aliphatic carbocycles. The fraction of sp³-hybridized carbons (Fsp3) is 0.333. The minimum absolute atomic E-state index is 0.312. The van der Waals surface area contributed by atoms with Gasteiger partial charge in [-0.3, -0.25) is 0 Å². The van der Waals surface area contributed by atoms with E-state index in [1.54, 1.807) is 0 Å². The molecule has 19 heavy (non-hydrogen) atoms. The van der Waals surface area contributed by atoms with Gasteiger partial charge in [-0.15, -0.1) is 11.3 Å². The van der Waals surface area contributed by atoms with E-state index in [1.165, 1.54) is 22.5 Å². The number of nitrogens with zero attached hydrogens (tertiary/aromatic N) is 1. The van der Waals surface area contributed by atoms with E-state index in [4.69, 9.17) is 0 Å². The Balaban J connectivity index is 1.74. The normalized spacial score (nSPS) is 20.7. The molecule has 4 rings (SSSR count). The first kappa shape index (κ1) is 11.2. The van der Waals surface area contributed by atoms with E-state index in [0.29, 0.717) is 16.7 Å². The van der Waals surface area contributed by atoms with Crippen molar-refractivity contribution in [2.45, 2.75) is 31.1 Å². The van der Waals surface area contributed by atoms with Gasteiger partial charge in [0.15, 0.2) is 0 Å². The summed E-state index contributed by atoms with van der Waals surface area (Å²) in [6, 6.07) is 8.36. The molecule has 1 atom stereocenters. The van der Waals surface area contributed by atoms with Crippen LogP contribution >= 0.6 is 11.3 Å². The average Bonchev–Trinajstić information content (AvgIpc) is 3.11. The van der Waals surface area contributed by atoms with Crippen LogP contribution in [0.3, 0.4) is 0 Å². The van der Waals surface area contributed by atoms with Gasteiger partial charge in [-0.25, -0.2) is 9.78 Å². The first-order valence-corrected chi connectivity index (χ1v) is 7.37. The number of rotatable bonds is 3. The zero-order chi connectivity index (χ0) is 13.0. The number of fused-ring (bicyclic) bond motifs is 1. The van der Waals surface area contributed by atoms with Crippen LogP contribution in [-0.4, -0.2) is 16.1 Å². The van der Waals surface area contributed by atoms with Crippen molar-refractivity contribution in [3.8, 4) is 0 Å². The quantitative estimate of drug-likeness (QED) is 0.930. The van der Waals surface area contributed by atoms with Crippen LogP contribution in [0.5, 0.6) is 0 Å². The second-order valence-electron chi connectivity index (χ2n) is 5.30. The number of benzene rings is 1. The highest BCUT2D eigenvalue weighted by molar-refractivity contribution is 7.13. The van der Waals surface area contributed by atoms with Crippen LogP contribution < -0.4 is 0 Å². The van der Waals surface area contributed by atoms with E-state index in [-0.39, 0.29) is 0 Å². The fourth-order valence-electron chi connectivity index (χ4n) is 2.76. The van der Waals surface area contributed by atoms with Crippen molar-refractivity contribution in [3.05, 3.63) is 51.0 Å². The number of carboxylic acid groups (broad SMARTS) is 1. The van der Waals surface area contributed by atoms with Gasteiger partial charge in [-0.2, -0.15) is 0 Å². The standard InChI is InChI=1S/C15H13NO2S/c17-15(18)13-12(8-5-6-8)16-14(19-13)11-7-9-3-1-2-4-10(9)11/h1-4,8,11H,5-7H2,(H,17,18). The van der Waals surface area contributed by atoms with E-state index >= 15 is 0 Å². The third-order valence-electron chi connectivity index (χ3n) is 3.98. The Morgan fingerprint density at radius 2 is 2.11 bits per heavy atom. The summed E-state index contributed by atoms with van der Waals surface area (Å²) in [5.74, 6) is -0.114. The second-order valence-corrected chi connectivity index (χ2v) is 6.33. The van der Waals surface area contributed by atoms with E-state index in [9.17, 15) is 9.90 Å². The zero-order valence-electron chi connectivity index (χ0n) is 10.3. The smallest absolute Gasteiger partial charge is 0.347 e. The Kier molecular flexibility index (Phi) is 2.30. The maximum absolute atomic E-state index is 11.3. The maximum Gasteiger partial charge on any atom is 0.347 e. The molecule has 2 aromatic rings. The maximum atomic E-state index is 11.3. The Morgan fingerprint density at radius 3 is 2.79 bits per heavy atom. The molecule has 0 bridgehead atoms. The topological polar surface area (TPSA) is 50.2 Å². The van der Waals surface area contributed by atoms with Crippen molar-refractivity contribution < 1.29 is 9.90 Å². The molecule has 0 radical (unpaired) electrons. The van der Waals surface area contributed by atoms with Gasteiger partial charge in [0, 0.05) is 11.8 Å². The first-order valence-electron chi connectivity index (χ1n) is 6.55. The Labute approximate surface area is 114 Å². The zero-order valence-corrected chi connectivity index (χ0v) is 11.1. The van der Waals surface area contributed by atoms with Crippen molar-refractivity contribution in [1.29, 1.82) is 0 Å². The highest BCUT2D eigenvalue weighted by atomic mass is 32.1. The van der Waals surface area contributed by atoms with Gasteiger partial charge in [-0.05, 0) is 30.4 Å². The minimum atomic E-state index is -0.821. The van der Waals surface area contributed by atoms with Crippen LogP contribution in [0.25, 0.3) is 0 Å². The molecule has 0 amide bonds. The lowest BCUT2D eigenvalue weighted by atomic mass is 9.78. The number of hydrogen-bond donors (Lipinski definition) is 1. The summed E-state index contributed by atoms with van der Waals surface area (Å²) in [5, 5.41) is 10.3. The summed E-state index contributed by atoms with van der Waals surface area (Å²) >= 11 is 1.37. The molecular formula is C15H13NO2S. The molecule has 1 N–H and O–H groups in total. The van der Waals surface area contributed by atoms with E-state index < -0.39 is 5.97 Å². The Hall–Kier alpha value is -1.68. The molecule has 1 aromatic carbocycles. The number of hydrogen-bond acceptors (Lipinski definition) is 3. The van der Waals surface area contributed by atoms with Gasteiger partial charge in [0.2, 0.25) is 0 Å². The van der Waals surface area contributed by atoms with Crippen LogP contribution in [0.1, 0.15) is 56.2 Å². The lowest BCUT2D eigenvalue weighted by molar-refractivity contribution is 0.0700. The molecule has 4 heteroatoms. The lowest BCUT2D eigenvalue weighted by Crippen LogP contribution is -2.17.